The van der Waals surface area contributed by atoms with Crippen molar-refractivity contribution in [3.05, 3.63) is 16.1 Å². The number of hydrogen-bond donors (Lipinski definition) is 1. The molecule has 1 heterocycles. The van der Waals surface area contributed by atoms with Gasteiger partial charge in [0.25, 0.3) is 0 Å². The summed E-state index contributed by atoms with van der Waals surface area (Å²) in [7, 11) is 0. The molecule has 0 amide bonds. The lowest BCUT2D eigenvalue weighted by atomic mass is 10.1. The van der Waals surface area contributed by atoms with E-state index in [9.17, 15) is 0 Å². The Hall–Kier alpha value is -0.410. The minimum absolute atomic E-state index is 0.385. The summed E-state index contributed by atoms with van der Waals surface area (Å²) in [5.74, 6) is 0.761. The Kier molecular flexibility index (Phi) is 5.99. The summed E-state index contributed by atoms with van der Waals surface area (Å²) in [6.45, 7) is 10.0. The van der Waals surface area contributed by atoms with Crippen LogP contribution in [-0.4, -0.2) is 11.5 Å². The minimum atomic E-state index is 0.385. The molecule has 0 saturated heterocycles. The van der Waals surface area contributed by atoms with Crippen LogP contribution in [0.25, 0.3) is 0 Å². The fraction of sp³-hybridized carbons (Fsp3) is 0.769. The first-order chi connectivity index (χ1) is 7.67. The van der Waals surface area contributed by atoms with Gasteiger partial charge in [-0.3, -0.25) is 0 Å². The average molecular weight is 240 g/mol. The smallest absolute Gasteiger partial charge is 0.0926 e. The topological polar surface area (TPSA) is 24.9 Å². The highest BCUT2D eigenvalue weighted by molar-refractivity contribution is 7.09. The molecule has 0 aliphatic carbocycles. The van der Waals surface area contributed by atoms with Gasteiger partial charge in [-0.25, -0.2) is 4.98 Å². The zero-order chi connectivity index (χ0) is 12.0. The predicted molar refractivity (Wildman–Crippen MR) is 72.0 cm³/mol. The van der Waals surface area contributed by atoms with Gasteiger partial charge in [-0.2, -0.15) is 0 Å². The van der Waals surface area contributed by atoms with Gasteiger partial charge < -0.3 is 5.32 Å². The molecule has 1 aromatic rings. The van der Waals surface area contributed by atoms with Crippen molar-refractivity contribution >= 4 is 11.3 Å². The van der Waals surface area contributed by atoms with Gasteiger partial charge in [0, 0.05) is 11.4 Å². The Morgan fingerprint density at radius 3 is 2.69 bits per heavy atom. The van der Waals surface area contributed by atoms with E-state index >= 15 is 0 Å². The lowest BCUT2D eigenvalue weighted by Gasteiger charge is -2.15. The number of nitrogens with one attached hydrogen (secondary N) is 1. The Morgan fingerprint density at radius 2 is 2.12 bits per heavy atom. The normalized spacial score (nSPS) is 15.0. The van der Waals surface area contributed by atoms with E-state index in [4.69, 9.17) is 0 Å². The molecule has 0 radical (unpaired) electrons. The van der Waals surface area contributed by atoms with E-state index in [1.54, 1.807) is 11.3 Å². The first-order valence-corrected chi connectivity index (χ1v) is 7.23. The fourth-order valence-corrected chi connectivity index (χ4v) is 2.60. The minimum Gasteiger partial charge on any atom is -0.309 e. The van der Waals surface area contributed by atoms with Gasteiger partial charge in [-0.1, -0.05) is 27.2 Å². The lowest BCUT2D eigenvalue weighted by molar-refractivity contribution is 0.440. The zero-order valence-corrected chi connectivity index (χ0v) is 11.7. The molecule has 0 aliphatic heterocycles. The molecule has 0 spiro atoms. The number of rotatable bonds is 7. The standard InChI is InChI=1S/C13H24N2S/c1-5-7-10(3)8-14-11(4)12-9-16-13(6-2)15-12/h9-11,14H,5-8H2,1-4H3. The number of hydrogen-bond acceptors (Lipinski definition) is 3. The molecule has 1 aromatic heterocycles. The Morgan fingerprint density at radius 1 is 1.38 bits per heavy atom. The summed E-state index contributed by atoms with van der Waals surface area (Å²) in [4.78, 5) is 4.61. The second-order valence-corrected chi connectivity index (χ2v) is 5.49. The summed E-state index contributed by atoms with van der Waals surface area (Å²) in [6.07, 6.45) is 3.62. The predicted octanol–water partition coefficient (Wildman–Crippen LogP) is 3.79. The molecule has 0 aliphatic rings. The molecule has 2 unspecified atom stereocenters. The van der Waals surface area contributed by atoms with Crippen molar-refractivity contribution in [1.29, 1.82) is 0 Å². The highest BCUT2D eigenvalue weighted by Gasteiger charge is 2.10. The average Bonchev–Trinajstić information content (AvgIpc) is 2.75. The van der Waals surface area contributed by atoms with Crippen molar-refractivity contribution in [3.63, 3.8) is 0 Å². The van der Waals surface area contributed by atoms with E-state index in [-0.39, 0.29) is 0 Å². The van der Waals surface area contributed by atoms with Crippen LogP contribution in [0.15, 0.2) is 5.38 Å². The van der Waals surface area contributed by atoms with Crippen LogP contribution in [0.4, 0.5) is 0 Å². The molecule has 0 bridgehead atoms. The van der Waals surface area contributed by atoms with Gasteiger partial charge >= 0.3 is 0 Å². The van der Waals surface area contributed by atoms with Gasteiger partial charge in [0.05, 0.1) is 10.7 Å². The Bertz CT molecular complexity index is 296. The number of aryl methyl sites for hydroxylation is 1. The monoisotopic (exact) mass is 240 g/mol. The second-order valence-electron chi connectivity index (χ2n) is 4.54. The van der Waals surface area contributed by atoms with Gasteiger partial charge in [-0.15, -0.1) is 11.3 Å². The summed E-state index contributed by atoms with van der Waals surface area (Å²) in [5, 5.41) is 6.99. The maximum absolute atomic E-state index is 4.61. The van der Waals surface area contributed by atoms with E-state index < -0.39 is 0 Å². The van der Waals surface area contributed by atoms with Gasteiger partial charge in [-0.05, 0) is 32.2 Å². The van der Waals surface area contributed by atoms with Crippen LogP contribution < -0.4 is 5.32 Å². The molecular formula is C13H24N2S. The molecule has 0 aromatic carbocycles. The summed E-state index contributed by atoms with van der Waals surface area (Å²) in [6, 6.07) is 0.385. The number of thiazole rings is 1. The number of aromatic nitrogens is 1. The molecule has 3 heteroatoms. The molecule has 2 atom stereocenters. The lowest BCUT2D eigenvalue weighted by Crippen LogP contribution is -2.24. The quantitative estimate of drug-likeness (QED) is 0.784. The van der Waals surface area contributed by atoms with Crippen molar-refractivity contribution in [2.75, 3.05) is 6.54 Å². The van der Waals surface area contributed by atoms with Gasteiger partial charge in [0.2, 0.25) is 0 Å². The number of nitrogens with zero attached hydrogens (tertiary/aromatic N) is 1. The highest BCUT2D eigenvalue weighted by Crippen LogP contribution is 2.17. The zero-order valence-electron chi connectivity index (χ0n) is 10.9. The molecule has 1 rings (SSSR count). The van der Waals surface area contributed by atoms with E-state index in [0.29, 0.717) is 6.04 Å². The Balaban J connectivity index is 2.37. The van der Waals surface area contributed by atoms with Gasteiger partial charge in [0.15, 0.2) is 0 Å². The van der Waals surface area contributed by atoms with Crippen molar-refractivity contribution in [1.82, 2.24) is 10.3 Å². The first kappa shape index (κ1) is 13.7. The first-order valence-electron chi connectivity index (χ1n) is 6.35. The second kappa shape index (κ2) is 7.02. The molecule has 16 heavy (non-hydrogen) atoms. The Labute approximate surface area is 103 Å². The summed E-state index contributed by atoms with van der Waals surface area (Å²) >= 11 is 1.77. The van der Waals surface area contributed by atoms with Crippen molar-refractivity contribution in [2.45, 2.75) is 53.0 Å². The van der Waals surface area contributed by atoms with Crippen LogP contribution >= 0.6 is 11.3 Å². The van der Waals surface area contributed by atoms with Gasteiger partial charge in [0.1, 0.15) is 0 Å². The van der Waals surface area contributed by atoms with Crippen molar-refractivity contribution in [2.24, 2.45) is 5.92 Å². The third kappa shape index (κ3) is 4.22. The summed E-state index contributed by atoms with van der Waals surface area (Å²) < 4.78 is 0. The maximum atomic E-state index is 4.61. The molecule has 92 valence electrons. The molecule has 2 nitrogen and oxygen atoms in total. The highest BCUT2D eigenvalue weighted by atomic mass is 32.1. The van der Waals surface area contributed by atoms with Crippen molar-refractivity contribution < 1.29 is 0 Å². The molecule has 0 saturated carbocycles. The van der Waals surface area contributed by atoms with Crippen LogP contribution in [0.2, 0.25) is 0 Å². The molecular weight excluding hydrogens is 216 g/mol. The van der Waals surface area contributed by atoms with E-state index in [2.05, 4.69) is 43.4 Å². The van der Waals surface area contributed by atoms with E-state index in [1.807, 2.05) is 0 Å². The van der Waals surface area contributed by atoms with Crippen LogP contribution in [0.5, 0.6) is 0 Å². The molecule has 1 N–H and O–H groups in total. The van der Waals surface area contributed by atoms with Crippen LogP contribution in [0, 0.1) is 5.92 Å². The van der Waals surface area contributed by atoms with Crippen LogP contribution in [0.1, 0.15) is 57.3 Å². The third-order valence-corrected chi connectivity index (χ3v) is 3.88. The fourth-order valence-electron chi connectivity index (χ4n) is 1.76. The van der Waals surface area contributed by atoms with E-state index in [1.165, 1.54) is 23.5 Å². The summed E-state index contributed by atoms with van der Waals surface area (Å²) in [5.41, 5.74) is 1.20. The van der Waals surface area contributed by atoms with Crippen molar-refractivity contribution in [3.8, 4) is 0 Å². The van der Waals surface area contributed by atoms with Crippen LogP contribution in [-0.2, 0) is 6.42 Å². The van der Waals surface area contributed by atoms with E-state index in [0.717, 1.165) is 18.9 Å². The largest absolute Gasteiger partial charge is 0.309 e. The third-order valence-electron chi connectivity index (χ3n) is 2.87. The SMILES string of the molecule is CCCC(C)CNC(C)c1csc(CC)n1. The molecule has 0 fully saturated rings. The van der Waals surface area contributed by atoms with Crippen LogP contribution in [0.3, 0.4) is 0 Å². The maximum Gasteiger partial charge on any atom is 0.0926 e.